The number of nitrogens with one attached hydrogen (secondary N) is 1. The highest BCUT2D eigenvalue weighted by Crippen LogP contribution is 2.30. The van der Waals surface area contributed by atoms with Crippen LogP contribution in [0.2, 0.25) is 0 Å². The first-order chi connectivity index (χ1) is 17.1. The van der Waals surface area contributed by atoms with Crippen LogP contribution in [-0.2, 0) is 14.3 Å². The zero-order chi connectivity index (χ0) is 26.8. The van der Waals surface area contributed by atoms with Gasteiger partial charge in [-0.05, 0) is 44.7 Å². The first-order valence-corrected chi connectivity index (χ1v) is 11.8. The average molecular weight is 505 g/mol. The Morgan fingerprint density at radius 1 is 1.11 bits per heavy atom. The molecule has 0 spiro atoms. The molecule has 196 valence electrons. The summed E-state index contributed by atoms with van der Waals surface area (Å²) >= 11 is 0. The Morgan fingerprint density at radius 2 is 1.81 bits per heavy atom. The number of nitrogens with zero attached hydrogens (tertiary/aromatic N) is 1. The molecule has 1 heterocycles. The van der Waals surface area contributed by atoms with Gasteiger partial charge in [0, 0.05) is 25.3 Å². The summed E-state index contributed by atoms with van der Waals surface area (Å²) in [5.74, 6) is -2.21. The molecule has 2 aromatic rings. The third-order valence-electron chi connectivity index (χ3n) is 5.60. The van der Waals surface area contributed by atoms with Gasteiger partial charge in [-0.1, -0.05) is 19.9 Å². The molecule has 0 aliphatic carbocycles. The Morgan fingerprint density at radius 3 is 2.39 bits per heavy atom. The van der Waals surface area contributed by atoms with Crippen molar-refractivity contribution in [2.45, 2.75) is 65.7 Å². The summed E-state index contributed by atoms with van der Waals surface area (Å²) in [5.41, 5.74) is -0.221. The van der Waals surface area contributed by atoms with Crippen LogP contribution in [0, 0.1) is 11.7 Å². The topological polar surface area (TPSA) is 113 Å². The van der Waals surface area contributed by atoms with E-state index in [0.717, 1.165) is 12.8 Å². The number of carbonyl (C=O) groups excluding carboxylic acids is 3. The van der Waals surface area contributed by atoms with Crippen LogP contribution >= 0.6 is 0 Å². The summed E-state index contributed by atoms with van der Waals surface area (Å²) in [6.45, 7) is 8.32. The molecule has 0 radical (unpaired) electrons. The van der Waals surface area contributed by atoms with E-state index in [1.807, 2.05) is 13.8 Å². The van der Waals surface area contributed by atoms with Crippen LogP contribution in [0.3, 0.4) is 0 Å². The molecule has 9 nitrogen and oxygen atoms in total. The number of hydrogen-bond donors (Lipinski definition) is 1. The van der Waals surface area contributed by atoms with Crippen molar-refractivity contribution in [3.63, 3.8) is 0 Å². The van der Waals surface area contributed by atoms with Crippen molar-refractivity contribution in [1.82, 2.24) is 10.3 Å². The SMILES string of the molecule is CCC(CC)[C@@H](Oc1cccc(F)c1)[C@H](C)OC(=O)[C@H](C)NC(=O)c1nccc(OC)c1OC(C)=O. The van der Waals surface area contributed by atoms with E-state index in [9.17, 15) is 18.8 Å². The Hall–Kier alpha value is -3.69. The maximum Gasteiger partial charge on any atom is 0.328 e. The summed E-state index contributed by atoms with van der Waals surface area (Å²) in [5, 5.41) is 2.51. The zero-order valence-electron chi connectivity index (χ0n) is 21.4. The molecule has 1 aromatic heterocycles. The maximum atomic E-state index is 13.7. The highest BCUT2D eigenvalue weighted by molar-refractivity contribution is 5.98. The van der Waals surface area contributed by atoms with Crippen molar-refractivity contribution in [1.29, 1.82) is 0 Å². The zero-order valence-corrected chi connectivity index (χ0v) is 21.4. The number of amides is 1. The van der Waals surface area contributed by atoms with Crippen LogP contribution in [0.15, 0.2) is 36.5 Å². The van der Waals surface area contributed by atoms with Crippen molar-refractivity contribution < 1.29 is 37.7 Å². The van der Waals surface area contributed by atoms with Gasteiger partial charge >= 0.3 is 11.9 Å². The fourth-order valence-electron chi connectivity index (χ4n) is 3.70. The summed E-state index contributed by atoms with van der Waals surface area (Å²) in [6, 6.07) is 6.14. The number of esters is 2. The third kappa shape index (κ3) is 7.66. The largest absolute Gasteiger partial charge is 0.493 e. The van der Waals surface area contributed by atoms with E-state index in [1.165, 1.54) is 45.4 Å². The second-order valence-corrected chi connectivity index (χ2v) is 8.24. The van der Waals surface area contributed by atoms with Gasteiger partial charge in [0.15, 0.2) is 11.4 Å². The Labute approximate surface area is 210 Å². The fourth-order valence-corrected chi connectivity index (χ4v) is 3.70. The van der Waals surface area contributed by atoms with Crippen LogP contribution in [0.1, 0.15) is 57.9 Å². The standard InChI is InChI=1S/C26H33FN2O7/c1-7-18(8-2)23(36-20-11-9-10-19(27)14-20)16(4)34-26(32)15(3)29-25(31)22-24(35-17(5)30)21(33-6)12-13-28-22/h9-16,18,23H,7-8H2,1-6H3,(H,29,31)/t15-,16-,23-/m0/s1. The normalized spacial score (nSPS) is 13.3. The van der Waals surface area contributed by atoms with Crippen molar-refractivity contribution in [2.75, 3.05) is 7.11 Å². The van der Waals surface area contributed by atoms with E-state index in [1.54, 1.807) is 19.1 Å². The highest BCUT2D eigenvalue weighted by atomic mass is 19.1. The number of ether oxygens (including phenoxy) is 4. The number of pyridine rings is 1. The van der Waals surface area contributed by atoms with Crippen LogP contribution in [0.4, 0.5) is 4.39 Å². The van der Waals surface area contributed by atoms with Gasteiger partial charge in [0.25, 0.3) is 5.91 Å². The van der Waals surface area contributed by atoms with E-state index in [0.29, 0.717) is 5.75 Å². The lowest BCUT2D eigenvalue weighted by Crippen LogP contribution is -2.45. The molecule has 1 aromatic carbocycles. The predicted molar refractivity (Wildman–Crippen MR) is 129 cm³/mol. The highest BCUT2D eigenvalue weighted by Gasteiger charge is 2.32. The van der Waals surface area contributed by atoms with E-state index in [4.69, 9.17) is 18.9 Å². The second kappa shape index (κ2) is 13.4. The molecular weight excluding hydrogens is 471 g/mol. The monoisotopic (exact) mass is 504 g/mol. The predicted octanol–water partition coefficient (Wildman–Crippen LogP) is 4.09. The molecule has 3 atom stereocenters. The van der Waals surface area contributed by atoms with Gasteiger partial charge in [-0.15, -0.1) is 0 Å². The summed E-state index contributed by atoms with van der Waals surface area (Å²) in [7, 11) is 1.35. The van der Waals surface area contributed by atoms with Crippen molar-refractivity contribution in [2.24, 2.45) is 5.92 Å². The summed E-state index contributed by atoms with van der Waals surface area (Å²) in [4.78, 5) is 41.1. The molecule has 0 saturated heterocycles. The average Bonchev–Trinajstić information content (AvgIpc) is 2.83. The van der Waals surface area contributed by atoms with Gasteiger partial charge in [-0.25, -0.2) is 14.2 Å². The number of methoxy groups -OCH3 is 1. The molecule has 10 heteroatoms. The molecule has 0 fully saturated rings. The quantitative estimate of drug-likeness (QED) is 0.430. The maximum absolute atomic E-state index is 13.7. The van der Waals surface area contributed by atoms with Crippen LogP contribution in [0.25, 0.3) is 0 Å². The molecule has 0 aliphatic rings. The second-order valence-electron chi connectivity index (χ2n) is 8.24. The minimum Gasteiger partial charge on any atom is -0.493 e. The Balaban J connectivity index is 2.14. The molecule has 0 unspecified atom stereocenters. The van der Waals surface area contributed by atoms with Crippen molar-refractivity contribution >= 4 is 17.8 Å². The number of benzene rings is 1. The van der Waals surface area contributed by atoms with E-state index in [-0.39, 0.29) is 23.1 Å². The summed E-state index contributed by atoms with van der Waals surface area (Å²) in [6.07, 6.45) is 1.59. The number of aromatic nitrogens is 1. The number of hydrogen-bond acceptors (Lipinski definition) is 8. The molecule has 0 saturated carbocycles. The Bertz CT molecular complexity index is 1060. The number of halogens is 1. The Kier molecular flexibility index (Phi) is 10.6. The van der Waals surface area contributed by atoms with Crippen LogP contribution < -0.4 is 19.5 Å². The van der Waals surface area contributed by atoms with Gasteiger partial charge in [0.05, 0.1) is 7.11 Å². The summed E-state index contributed by atoms with van der Waals surface area (Å²) < 4.78 is 35.6. The van der Waals surface area contributed by atoms with Crippen molar-refractivity contribution in [3.8, 4) is 17.2 Å². The molecule has 2 rings (SSSR count). The van der Waals surface area contributed by atoms with Gasteiger partial charge in [-0.2, -0.15) is 0 Å². The minimum atomic E-state index is -1.06. The first kappa shape index (κ1) is 28.5. The molecular formula is C26H33FN2O7. The van der Waals surface area contributed by atoms with Gasteiger partial charge < -0.3 is 24.3 Å². The van der Waals surface area contributed by atoms with Crippen molar-refractivity contribution in [3.05, 3.63) is 48.0 Å². The van der Waals surface area contributed by atoms with Gasteiger partial charge in [0.1, 0.15) is 29.8 Å². The molecule has 0 aliphatic heterocycles. The van der Waals surface area contributed by atoms with E-state index in [2.05, 4.69) is 10.3 Å². The molecule has 1 N–H and O–H groups in total. The third-order valence-corrected chi connectivity index (χ3v) is 5.60. The molecule has 0 bridgehead atoms. The van der Waals surface area contributed by atoms with Gasteiger partial charge in [-0.3, -0.25) is 9.59 Å². The lowest BCUT2D eigenvalue weighted by atomic mass is 9.93. The lowest BCUT2D eigenvalue weighted by molar-refractivity contribution is -0.156. The molecule has 1 amide bonds. The fraction of sp³-hybridized carbons (Fsp3) is 0.462. The van der Waals surface area contributed by atoms with E-state index < -0.39 is 41.9 Å². The van der Waals surface area contributed by atoms with Crippen LogP contribution in [0.5, 0.6) is 17.2 Å². The molecule has 36 heavy (non-hydrogen) atoms. The van der Waals surface area contributed by atoms with Crippen LogP contribution in [-0.4, -0.2) is 48.2 Å². The smallest absolute Gasteiger partial charge is 0.328 e. The minimum absolute atomic E-state index is 0.0354. The number of rotatable bonds is 12. The first-order valence-electron chi connectivity index (χ1n) is 11.8. The lowest BCUT2D eigenvalue weighted by Gasteiger charge is -2.31. The van der Waals surface area contributed by atoms with Gasteiger partial charge in [0.2, 0.25) is 5.75 Å². The number of carbonyl (C=O) groups is 3. The van der Waals surface area contributed by atoms with E-state index >= 15 is 0 Å².